The predicted molar refractivity (Wildman–Crippen MR) is 62.1 cm³/mol. The standard InChI is InChI=1S/C13H9NO3.BrH/c15-11-5-8-7-14-4-2-1-3-10(14)13(17)9(8)6-12(11)16;/h1-7,15,17H;1H. The van der Waals surface area contributed by atoms with Crippen LogP contribution in [0.5, 0.6) is 17.2 Å². The fourth-order valence-corrected chi connectivity index (χ4v) is 1.96. The quantitative estimate of drug-likeness (QED) is 0.275. The minimum absolute atomic E-state index is 0. The highest BCUT2D eigenvalue weighted by atomic mass is 79.9. The maximum absolute atomic E-state index is 10.1. The second kappa shape index (κ2) is 4.34. The van der Waals surface area contributed by atoms with Crippen molar-refractivity contribution in [3.63, 3.8) is 0 Å². The average Bonchev–Trinajstić information content (AvgIpc) is 2.32. The number of hydrogen-bond donors (Lipinski definition) is 3. The van der Waals surface area contributed by atoms with Crippen molar-refractivity contribution in [2.75, 3.05) is 0 Å². The summed E-state index contributed by atoms with van der Waals surface area (Å²) in [6, 6.07) is 8.22. The van der Waals surface area contributed by atoms with Gasteiger partial charge in [-0.1, -0.05) is 0 Å². The van der Waals surface area contributed by atoms with Gasteiger partial charge in [0.1, 0.15) is 0 Å². The van der Waals surface area contributed by atoms with E-state index in [0.29, 0.717) is 16.3 Å². The topological polar surface area (TPSA) is 64.8 Å². The van der Waals surface area contributed by atoms with Crippen LogP contribution in [0.2, 0.25) is 0 Å². The van der Waals surface area contributed by atoms with Crippen LogP contribution in [0.4, 0.5) is 0 Å². The van der Waals surface area contributed by atoms with Gasteiger partial charge in [0.2, 0.25) is 0 Å². The maximum Gasteiger partial charge on any atom is 0.253 e. The summed E-state index contributed by atoms with van der Waals surface area (Å²) in [6.07, 6.45) is 3.59. The Morgan fingerprint density at radius 2 is 1.67 bits per heavy atom. The van der Waals surface area contributed by atoms with E-state index in [0.717, 1.165) is 0 Å². The van der Waals surface area contributed by atoms with Gasteiger partial charge < -0.3 is 32.3 Å². The number of aromatic hydroxyl groups is 3. The normalized spacial score (nSPS) is 10.4. The van der Waals surface area contributed by atoms with E-state index in [9.17, 15) is 15.3 Å². The first kappa shape index (κ1) is 12.4. The van der Waals surface area contributed by atoms with Crippen molar-refractivity contribution in [3.8, 4) is 17.2 Å². The van der Waals surface area contributed by atoms with Crippen LogP contribution in [0.15, 0.2) is 42.7 Å². The molecule has 4 nitrogen and oxygen atoms in total. The molecule has 0 unspecified atom stereocenters. The summed E-state index contributed by atoms with van der Waals surface area (Å²) >= 11 is 0. The number of benzene rings is 1. The first-order valence-corrected chi connectivity index (χ1v) is 5.14. The Morgan fingerprint density at radius 3 is 2.44 bits per heavy atom. The minimum atomic E-state index is -0.243. The van der Waals surface area contributed by atoms with E-state index in [1.807, 2.05) is 12.1 Å². The number of hydrogen-bond acceptors (Lipinski definition) is 3. The van der Waals surface area contributed by atoms with E-state index < -0.39 is 0 Å². The van der Waals surface area contributed by atoms with Gasteiger partial charge in [0.05, 0.1) is 5.39 Å². The Balaban J connectivity index is 0.00000120. The predicted octanol–water partition coefficient (Wildman–Crippen LogP) is -1.30. The van der Waals surface area contributed by atoms with Gasteiger partial charge >= 0.3 is 0 Å². The molecule has 1 aromatic carbocycles. The van der Waals surface area contributed by atoms with Gasteiger partial charge in [-0.05, 0) is 18.2 Å². The van der Waals surface area contributed by atoms with Gasteiger partial charge in [-0.2, -0.15) is 4.40 Å². The van der Waals surface area contributed by atoms with Crippen molar-refractivity contribution in [2.45, 2.75) is 0 Å². The molecule has 0 aliphatic heterocycles. The number of rotatable bonds is 0. The monoisotopic (exact) mass is 307 g/mol. The molecule has 92 valence electrons. The Hall–Kier alpha value is -2.01. The second-order valence-corrected chi connectivity index (χ2v) is 3.90. The molecule has 5 heteroatoms. The van der Waals surface area contributed by atoms with Crippen LogP contribution in [-0.4, -0.2) is 15.3 Å². The second-order valence-electron chi connectivity index (χ2n) is 3.90. The molecule has 0 bridgehead atoms. The lowest BCUT2D eigenvalue weighted by Gasteiger charge is -2.03. The van der Waals surface area contributed by atoms with Crippen molar-refractivity contribution >= 4 is 16.3 Å². The third kappa shape index (κ3) is 1.73. The number of halogens is 1. The van der Waals surface area contributed by atoms with Crippen molar-refractivity contribution in [3.05, 3.63) is 42.7 Å². The molecule has 0 atom stereocenters. The maximum atomic E-state index is 10.1. The molecular weight excluding hydrogens is 298 g/mol. The summed E-state index contributed by atoms with van der Waals surface area (Å²) in [6.45, 7) is 0. The molecule has 0 fully saturated rings. The third-order valence-corrected chi connectivity index (χ3v) is 2.81. The van der Waals surface area contributed by atoms with Crippen LogP contribution in [0.3, 0.4) is 0 Å². The number of pyridine rings is 2. The lowest BCUT2D eigenvalue weighted by molar-refractivity contribution is -0.510. The van der Waals surface area contributed by atoms with Crippen LogP contribution < -0.4 is 21.4 Å². The number of phenolic OH excluding ortho intramolecular Hbond substituents is 2. The number of fused-ring (bicyclic) bond motifs is 2. The summed E-state index contributed by atoms with van der Waals surface area (Å²) in [7, 11) is 0. The van der Waals surface area contributed by atoms with E-state index in [1.54, 1.807) is 22.9 Å². The van der Waals surface area contributed by atoms with Gasteiger partial charge in [0.15, 0.2) is 29.6 Å². The molecule has 3 rings (SSSR count). The summed E-state index contributed by atoms with van der Waals surface area (Å²) in [4.78, 5) is 0. The van der Waals surface area contributed by atoms with Crippen LogP contribution in [0, 0.1) is 0 Å². The van der Waals surface area contributed by atoms with Gasteiger partial charge in [-0.25, -0.2) is 0 Å². The zero-order chi connectivity index (χ0) is 12.0. The van der Waals surface area contributed by atoms with Crippen LogP contribution >= 0.6 is 0 Å². The summed E-state index contributed by atoms with van der Waals surface area (Å²) < 4.78 is 1.76. The van der Waals surface area contributed by atoms with Gasteiger partial charge in [-0.3, -0.25) is 0 Å². The molecule has 0 saturated heterocycles. The van der Waals surface area contributed by atoms with Crippen molar-refractivity contribution in [1.29, 1.82) is 0 Å². The van der Waals surface area contributed by atoms with Gasteiger partial charge in [0.25, 0.3) is 5.52 Å². The Kier molecular flexibility index (Phi) is 3.00. The average molecular weight is 308 g/mol. The summed E-state index contributed by atoms with van der Waals surface area (Å²) in [5, 5.41) is 30.2. The highest BCUT2D eigenvalue weighted by Gasteiger charge is 2.14. The molecule has 0 aliphatic carbocycles. The number of aromatic nitrogens is 1. The van der Waals surface area contributed by atoms with E-state index in [-0.39, 0.29) is 34.2 Å². The van der Waals surface area contributed by atoms with Crippen molar-refractivity contribution in [2.24, 2.45) is 0 Å². The summed E-state index contributed by atoms with van der Waals surface area (Å²) in [5.74, 6) is -0.362. The molecule has 2 heterocycles. The Morgan fingerprint density at radius 1 is 0.944 bits per heavy atom. The fraction of sp³-hybridized carbons (Fsp3) is 0. The molecule has 18 heavy (non-hydrogen) atoms. The van der Waals surface area contributed by atoms with E-state index in [2.05, 4.69) is 0 Å². The third-order valence-electron chi connectivity index (χ3n) is 2.81. The molecule has 0 amide bonds. The largest absolute Gasteiger partial charge is 1.00 e. The van der Waals surface area contributed by atoms with Crippen molar-refractivity contribution in [1.82, 2.24) is 0 Å². The zero-order valence-corrected chi connectivity index (χ0v) is 10.8. The molecule has 0 aliphatic rings. The lowest BCUT2D eigenvalue weighted by Crippen LogP contribution is -3.00. The molecule has 0 radical (unpaired) electrons. The highest BCUT2D eigenvalue weighted by molar-refractivity contribution is 5.93. The minimum Gasteiger partial charge on any atom is -1.00 e. The van der Waals surface area contributed by atoms with Crippen LogP contribution in [0.1, 0.15) is 0 Å². The first-order valence-electron chi connectivity index (χ1n) is 5.14. The van der Waals surface area contributed by atoms with Gasteiger partial charge in [-0.15, -0.1) is 0 Å². The number of phenols is 2. The Bertz CT molecular complexity index is 743. The van der Waals surface area contributed by atoms with Gasteiger partial charge in [0, 0.05) is 17.5 Å². The Labute approximate surface area is 113 Å². The van der Waals surface area contributed by atoms with Crippen LogP contribution in [0.25, 0.3) is 16.3 Å². The molecule has 0 spiro atoms. The summed E-state index contributed by atoms with van der Waals surface area (Å²) in [5.41, 5.74) is 0.644. The molecule has 3 N–H and O–H groups in total. The van der Waals surface area contributed by atoms with Crippen LogP contribution in [-0.2, 0) is 0 Å². The highest BCUT2D eigenvalue weighted by Crippen LogP contribution is 2.34. The SMILES string of the molecule is Oc1cc2c[n+]3ccccc3c(O)c2cc1O.[Br-]. The molecule has 2 aromatic heterocycles. The van der Waals surface area contributed by atoms with Crippen molar-refractivity contribution < 1.29 is 36.7 Å². The fourth-order valence-electron chi connectivity index (χ4n) is 1.96. The smallest absolute Gasteiger partial charge is 0.253 e. The van der Waals surface area contributed by atoms with E-state index in [1.165, 1.54) is 12.1 Å². The van der Waals surface area contributed by atoms with E-state index >= 15 is 0 Å². The molecule has 3 aromatic rings. The first-order chi connectivity index (χ1) is 8.16. The molecular formula is C13H10BrNO3. The molecule has 0 saturated carbocycles. The van der Waals surface area contributed by atoms with E-state index in [4.69, 9.17) is 0 Å². The lowest BCUT2D eigenvalue weighted by atomic mass is 10.1. The number of nitrogens with zero attached hydrogens (tertiary/aromatic N) is 1. The zero-order valence-electron chi connectivity index (χ0n) is 9.21.